The summed E-state index contributed by atoms with van der Waals surface area (Å²) in [5.74, 6) is 1.24. The lowest BCUT2D eigenvalue weighted by Crippen LogP contribution is -2.33. The van der Waals surface area contributed by atoms with E-state index in [1.807, 2.05) is 49.4 Å². The van der Waals surface area contributed by atoms with E-state index in [-0.39, 0.29) is 11.7 Å². The van der Waals surface area contributed by atoms with Crippen LogP contribution in [0, 0.1) is 6.92 Å². The van der Waals surface area contributed by atoms with Gasteiger partial charge in [0.25, 0.3) is 5.56 Å². The number of hydrogen-bond donors (Lipinski definition) is 1. The van der Waals surface area contributed by atoms with Crippen LogP contribution in [0.4, 0.5) is 0 Å². The zero-order valence-corrected chi connectivity index (χ0v) is 16.8. The van der Waals surface area contributed by atoms with Crippen LogP contribution in [-0.4, -0.2) is 42.5 Å². The van der Waals surface area contributed by atoms with Crippen LogP contribution in [0.1, 0.15) is 11.3 Å². The lowest BCUT2D eigenvalue weighted by molar-refractivity contribution is -0.101. The Morgan fingerprint density at radius 3 is 2.80 bits per heavy atom. The molecule has 1 N–H and O–H groups in total. The minimum atomic E-state index is -0.224. The van der Waals surface area contributed by atoms with Gasteiger partial charge in [-0.25, -0.2) is 0 Å². The molecule has 2 aromatic heterocycles. The predicted octanol–water partition coefficient (Wildman–Crippen LogP) is 3.12. The molecule has 1 aliphatic rings. The third kappa shape index (κ3) is 5.25. The molecule has 1 aromatic carbocycles. The van der Waals surface area contributed by atoms with Gasteiger partial charge in [0.05, 0.1) is 31.2 Å². The summed E-state index contributed by atoms with van der Waals surface area (Å²) in [4.78, 5) is 19.3. The van der Waals surface area contributed by atoms with Gasteiger partial charge in [0.2, 0.25) is 0 Å². The monoisotopic (exact) mass is 408 g/mol. The molecule has 0 aliphatic carbocycles. The van der Waals surface area contributed by atoms with Crippen LogP contribution in [0.2, 0.25) is 0 Å². The molecule has 4 rings (SSSR count). The summed E-state index contributed by atoms with van der Waals surface area (Å²) in [6, 6.07) is 14.7. The Hall–Kier alpha value is -3.16. The maximum atomic E-state index is 12.2. The number of hydrogen-bond acceptors (Lipinski definition) is 6. The van der Waals surface area contributed by atoms with Gasteiger partial charge in [-0.3, -0.25) is 9.78 Å². The maximum absolute atomic E-state index is 12.2. The topological polar surface area (TPSA) is 82.7 Å². The molecule has 3 aromatic rings. The molecule has 30 heavy (non-hydrogen) atoms. The molecule has 0 amide bonds. The molecule has 0 bridgehead atoms. The minimum absolute atomic E-state index is 0.126. The zero-order valence-electron chi connectivity index (χ0n) is 16.8. The molecule has 1 saturated heterocycles. The Balaban J connectivity index is 1.46. The Morgan fingerprint density at radius 2 is 2.03 bits per heavy atom. The number of pyridine rings is 2. The van der Waals surface area contributed by atoms with Crippen molar-refractivity contribution in [2.24, 2.45) is 0 Å². The van der Waals surface area contributed by atoms with E-state index in [2.05, 4.69) is 9.97 Å². The van der Waals surface area contributed by atoms with E-state index in [9.17, 15) is 4.79 Å². The number of aryl methyl sites for hydroxylation is 1. The van der Waals surface area contributed by atoms with E-state index in [0.717, 1.165) is 22.6 Å². The SMILES string of the molecule is Cc1cc(OCc2ccccn2)ccc1-c1cc(OC[C@H]2COCCO2)cc(=O)[nH]1. The molecule has 0 radical (unpaired) electrons. The average Bonchev–Trinajstić information content (AvgIpc) is 2.77. The van der Waals surface area contributed by atoms with Crippen molar-refractivity contribution in [1.82, 2.24) is 9.97 Å². The van der Waals surface area contributed by atoms with Crippen molar-refractivity contribution in [2.75, 3.05) is 26.4 Å². The van der Waals surface area contributed by atoms with Gasteiger partial charge in [0.15, 0.2) is 0 Å². The number of aromatic nitrogens is 2. The van der Waals surface area contributed by atoms with Crippen molar-refractivity contribution in [3.8, 4) is 22.8 Å². The summed E-state index contributed by atoms with van der Waals surface area (Å²) in [5.41, 5.74) is 3.20. The third-order valence-corrected chi connectivity index (χ3v) is 4.74. The Kier molecular flexibility index (Phi) is 6.41. The van der Waals surface area contributed by atoms with Crippen LogP contribution in [-0.2, 0) is 16.1 Å². The van der Waals surface area contributed by atoms with E-state index in [1.165, 1.54) is 6.07 Å². The van der Waals surface area contributed by atoms with Crippen LogP contribution in [0.25, 0.3) is 11.3 Å². The molecule has 0 unspecified atom stereocenters. The first kappa shape index (κ1) is 20.1. The van der Waals surface area contributed by atoms with Gasteiger partial charge in [-0.05, 0) is 42.8 Å². The molecule has 0 saturated carbocycles. The summed E-state index contributed by atoms with van der Waals surface area (Å²) in [5, 5.41) is 0. The van der Waals surface area contributed by atoms with E-state index in [0.29, 0.717) is 44.5 Å². The lowest BCUT2D eigenvalue weighted by Gasteiger charge is -2.23. The van der Waals surface area contributed by atoms with E-state index in [4.69, 9.17) is 18.9 Å². The van der Waals surface area contributed by atoms with Crippen molar-refractivity contribution in [3.05, 3.63) is 76.3 Å². The van der Waals surface area contributed by atoms with Gasteiger partial charge in [0, 0.05) is 23.9 Å². The van der Waals surface area contributed by atoms with Crippen LogP contribution < -0.4 is 15.0 Å². The van der Waals surface area contributed by atoms with Crippen LogP contribution >= 0.6 is 0 Å². The summed E-state index contributed by atoms with van der Waals surface area (Å²) >= 11 is 0. The van der Waals surface area contributed by atoms with Crippen molar-refractivity contribution < 1.29 is 18.9 Å². The fraction of sp³-hybridized carbons (Fsp3) is 0.304. The van der Waals surface area contributed by atoms with Crippen molar-refractivity contribution in [3.63, 3.8) is 0 Å². The number of nitrogens with one attached hydrogen (secondary N) is 1. The normalized spacial score (nSPS) is 16.2. The first-order valence-electron chi connectivity index (χ1n) is 9.87. The summed E-state index contributed by atoms with van der Waals surface area (Å²) < 4.78 is 22.6. The molecule has 3 heterocycles. The number of H-pyrrole nitrogens is 1. The number of ether oxygens (including phenoxy) is 4. The second-order valence-electron chi connectivity index (χ2n) is 7.06. The quantitative estimate of drug-likeness (QED) is 0.647. The van der Waals surface area contributed by atoms with E-state index >= 15 is 0 Å². The third-order valence-electron chi connectivity index (χ3n) is 4.74. The standard InChI is InChI=1S/C23H24N2O5/c1-16-10-18(29-13-17-4-2-3-7-24-17)5-6-21(16)22-11-19(12-23(26)25-22)30-15-20-14-27-8-9-28-20/h2-7,10-12,20H,8-9,13-15H2,1H3,(H,25,26)/t20-/m1/s1. The molecule has 0 spiro atoms. The lowest BCUT2D eigenvalue weighted by atomic mass is 10.0. The minimum Gasteiger partial charge on any atom is -0.491 e. The Morgan fingerprint density at radius 1 is 1.10 bits per heavy atom. The summed E-state index contributed by atoms with van der Waals surface area (Å²) in [7, 11) is 0. The maximum Gasteiger partial charge on any atom is 0.252 e. The zero-order chi connectivity index (χ0) is 20.8. The van der Waals surface area contributed by atoms with Crippen molar-refractivity contribution in [1.29, 1.82) is 0 Å². The second-order valence-corrected chi connectivity index (χ2v) is 7.06. The van der Waals surface area contributed by atoms with E-state index < -0.39 is 0 Å². The predicted molar refractivity (Wildman–Crippen MR) is 112 cm³/mol. The Labute approximate surface area is 174 Å². The molecule has 1 aliphatic heterocycles. The first-order valence-corrected chi connectivity index (χ1v) is 9.87. The first-order chi connectivity index (χ1) is 14.7. The van der Waals surface area contributed by atoms with Gasteiger partial charge in [0.1, 0.15) is 30.8 Å². The summed E-state index contributed by atoms with van der Waals surface area (Å²) in [6.07, 6.45) is 1.62. The van der Waals surface area contributed by atoms with Gasteiger partial charge in [-0.1, -0.05) is 6.07 Å². The average molecular weight is 408 g/mol. The number of benzene rings is 1. The van der Waals surface area contributed by atoms with Crippen LogP contribution in [0.3, 0.4) is 0 Å². The molecule has 1 fully saturated rings. The highest BCUT2D eigenvalue weighted by atomic mass is 16.6. The largest absolute Gasteiger partial charge is 0.491 e. The molecule has 156 valence electrons. The molecular formula is C23H24N2O5. The second kappa shape index (κ2) is 9.56. The van der Waals surface area contributed by atoms with Crippen molar-refractivity contribution >= 4 is 0 Å². The smallest absolute Gasteiger partial charge is 0.252 e. The number of aromatic amines is 1. The van der Waals surface area contributed by atoms with Gasteiger partial charge >= 0.3 is 0 Å². The highest BCUT2D eigenvalue weighted by molar-refractivity contribution is 5.65. The van der Waals surface area contributed by atoms with Gasteiger partial charge < -0.3 is 23.9 Å². The van der Waals surface area contributed by atoms with Crippen LogP contribution in [0.15, 0.2) is 59.5 Å². The number of nitrogens with zero attached hydrogens (tertiary/aromatic N) is 1. The molecule has 7 nitrogen and oxygen atoms in total. The van der Waals surface area contributed by atoms with Gasteiger partial charge in [-0.15, -0.1) is 0 Å². The highest BCUT2D eigenvalue weighted by Gasteiger charge is 2.15. The summed E-state index contributed by atoms with van der Waals surface area (Å²) in [6.45, 7) is 4.36. The highest BCUT2D eigenvalue weighted by Crippen LogP contribution is 2.27. The Bertz CT molecular complexity index is 1030. The fourth-order valence-corrected chi connectivity index (χ4v) is 3.24. The van der Waals surface area contributed by atoms with Crippen molar-refractivity contribution in [2.45, 2.75) is 19.6 Å². The molecular weight excluding hydrogens is 384 g/mol. The molecule has 1 atom stereocenters. The van der Waals surface area contributed by atoms with E-state index in [1.54, 1.807) is 6.20 Å². The number of rotatable bonds is 7. The fourth-order valence-electron chi connectivity index (χ4n) is 3.24. The van der Waals surface area contributed by atoms with Crippen LogP contribution in [0.5, 0.6) is 11.5 Å². The van der Waals surface area contributed by atoms with Gasteiger partial charge in [-0.2, -0.15) is 0 Å². The molecule has 7 heteroatoms.